The van der Waals surface area contributed by atoms with E-state index in [2.05, 4.69) is 15.2 Å². The lowest BCUT2D eigenvalue weighted by molar-refractivity contribution is -0.117. The number of anilines is 1. The van der Waals surface area contributed by atoms with E-state index in [1.165, 1.54) is 10.7 Å². The summed E-state index contributed by atoms with van der Waals surface area (Å²) in [5, 5.41) is 7.24. The van der Waals surface area contributed by atoms with Crippen molar-refractivity contribution < 1.29 is 18.3 Å². The molecule has 0 unspecified atom stereocenters. The Balaban J connectivity index is 2.18. The van der Waals surface area contributed by atoms with Gasteiger partial charge in [-0.25, -0.2) is 0 Å². The second-order valence-electron chi connectivity index (χ2n) is 5.02. The molecule has 124 valence electrons. The Morgan fingerprint density at radius 1 is 1.39 bits per heavy atom. The van der Waals surface area contributed by atoms with Gasteiger partial charge >= 0.3 is 6.61 Å². The number of hydrogen-bond donors (Lipinski definition) is 1. The molecule has 0 aliphatic carbocycles. The number of amides is 1. The first-order chi connectivity index (χ1) is 10.8. The van der Waals surface area contributed by atoms with Gasteiger partial charge in [0.2, 0.25) is 5.91 Å². The first kappa shape index (κ1) is 17.2. The topological polar surface area (TPSA) is 56.1 Å². The highest BCUT2D eigenvalue weighted by Gasteiger charge is 2.16. The molecule has 0 atom stereocenters. The first-order valence-electron chi connectivity index (χ1n) is 6.83. The van der Waals surface area contributed by atoms with Crippen molar-refractivity contribution in [1.29, 1.82) is 0 Å². The molecule has 1 N–H and O–H groups in total. The predicted octanol–water partition coefficient (Wildman–Crippen LogP) is 3.70. The van der Waals surface area contributed by atoms with Gasteiger partial charge < -0.3 is 10.1 Å². The number of rotatable bonds is 5. The van der Waals surface area contributed by atoms with Crippen molar-refractivity contribution in [3.8, 4) is 5.75 Å². The number of para-hydroxylation sites is 1. The fourth-order valence-corrected chi connectivity index (χ4v) is 2.27. The molecule has 0 bridgehead atoms. The summed E-state index contributed by atoms with van der Waals surface area (Å²) < 4.78 is 30.8. The van der Waals surface area contributed by atoms with Crippen molar-refractivity contribution in [3.05, 3.63) is 40.2 Å². The van der Waals surface area contributed by atoms with Gasteiger partial charge in [-0.15, -0.1) is 0 Å². The van der Waals surface area contributed by atoms with Crippen molar-refractivity contribution in [2.45, 2.75) is 33.9 Å². The first-order valence-corrected chi connectivity index (χ1v) is 7.21. The van der Waals surface area contributed by atoms with E-state index in [0.29, 0.717) is 22.0 Å². The van der Waals surface area contributed by atoms with Crippen LogP contribution in [0.3, 0.4) is 0 Å². The number of carbonyl (C=O) groups excluding carboxylic acids is 1. The van der Waals surface area contributed by atoms with Crippen LogP contribution >= 0.6 is 11.6 Å². The second kappa shape index (κ2) is 6.95. The molecule has 0 radical (unpaired) electrons. The van der Waals surface area contributed by atoms with Gasteiger partial charge in [-0.05, 0) is 32.4 Å². The van der Waals surface area contributed by atoms with Crippen LogP contribution in [0, 0.1) is 20.8 Å². The fourth-order valence-electron chi connectivity index (χ4n) is 2.14. The highest BCUT2D eigenvalue weighted by atomic mass is 35.5. The Morgan fingerprint density at radius 3 is 2.65 bits per heavy atom. The lowest BCUT2D eigenvalue weighted by Gasteiger charge is -2.14. The summed E-state index contributed by atoms with van der Waals surface area (Å²) in [5.41, 5.74) is 2.11. The minimum Gasteiger partial charge on any atom is -0.433 e. The van der Waals surface area contributed by atoms with Crippen LogP contribution in [-0.4, -0.2) is 22.3 Å². The molecule has 5 nitrogen and oxygen atoms in total. The van der Waals surface area contributed by atoms with Crippen LogP contribution in [0.2, 0.25) is 5.02 Å². The average molecular weight is 344 g/mol. The van der Waals surface area contributed by atoms with E-state index in [9.17, 15) is 13.6 Å². The summed E-state index contributed by atoms with van der Waals surface area (Å²) in [5.74, 6) is -0.500. The van der Waals surface area contributed by atoms with E-state index in [1.807, 2.05) is 0 Å². The largest absolute Gasteiger partial charge is 0.433 e. The Hall–Kier alpha value is -2.15. The normalized spacial score (nSPS) is 10.9. The molecule has 0 aliphatic heterocycles. The maximum absolute atomic E-state index is 12.5. The van der Waals surface area contributed by atoms with Gasteiger partial charge in [0.1, 0.15) is 12.3 Å². The molecule has 0 saturated heterocycles. The molecular formula is C15H16ClF2N3O2. The molecule has 1 heterocycles. The number of nitrogens with one attached hydrogen (secondary N) is 1. The zero-order valence-corrected chi connectivity index (χ0v) is 13.6. The average Bonchev–Trinajstić information content (AvgIpc) is 2.69. The van der Waals surface area contributed by atoms with Crippen LogP contribution in [0.5, 0.6) is 5.75 Å². The molecule has 1 amide bonds. The van der Waals surface area contributed by atoms with Crippen molar-refractivity contribution in [1.82, 2.24) is 9.78 Å². The number of benzene rings is 1. The van der Waals surface area contributed by atoms with Gasteiger partial charge in [0.05, 0.1) is 22.1 Å². The third-order valence-corrected chi connectivity index (χ3v) is 3.85. The number of halogens is 3. The van der Waals surface area contributed by atoms with Gasteiger partial charge in [0, 0.05) is 0 Å². The Bertz CT molecular complexity index is 732. The number of aryl methyl sites for hydroxylation is 2. The highest BCUT2D eigenvalue weighted by Crippen LogP contribution is 2.29. The lowest BCUT2D eigenvalue weighted by atomic mass is 10.2. The SMILES string of the molecule is Cc1cccc(OC(F)F)c1NC(=O)Cn1nc(C)c(Cl)c1C. The molecule has 0 spiro atoms. The number of ether oxygens (including phenoxy) is 1. The molecule has 0 saturated carbocycles. The third-order valence-electron chi connectivity index (χ3n) is 3.30. The van der Waals surface area contributed by atoms with Crippen molar-refractivity contribution in [3.63, 3.8) is 0 Å². The van der Waals surface area contributed by atoms with Gasteiger partial charge in [-0.2, -0.15) is 13.9 Å². The van der Waals surface area contributed by atoms with Crippen LogP contribution in [0.15, 0.2) is 18.2 Å². The fraction of sp³-hybridized carbons (Fsp3) is 0.333. The van der Waals surface area contributed by atoms with Gasteiger partial charge in [0.25, 0.3) is 0 Å². The van der Waals surface area contributed by atoms with E-state index in [4.69, 9.17) is 11.6 Å². The maximum Gasteiger partial charge on any atom is 0.387 e. The Labute approximate surface area is 137 Å². The van der Waals surface area contributed by atoms with E-state index < -0.39 is 12.5 Å². The van der Waals surface area contributed by atoms with Crippen molar-refractivity contribution >= 4 is 23.2 Å². The number of carbonyl (C=O) groups is 1. The molecule has 2 aromatic rings. The van der Waals surface area contributed by atoms with Crippen LogP contribution < -0.4 is 10.1 Å². The van der Waals surface area contributed by atoms with Gasteiger partial charge in [-0.1, -0.05) is 23.7 Å². The van der Waals surface area contributed by atoms with E-state index >= 15 is 0 Å². The highest BCUT2D eigenvalue weighted by molar-refractivity contribution is 6.31. The second-order valence-corrected chi connectivity index (χ2v) is 5.40. The Kier molecular flexibility index (Phi) is 5.20. The number of nitrogens with zero attached hydrogens (tertiary/aromatic N) is 2. The minimum absolute atomic E-state index is 0.0815. The molecular weight excluding hydrogens is 328 g/mol. The number of alkyl halides is 2. The molecule has 0 aliphatic rings. The van der Waals surface area contributed by atoms with Gasteiger partial charge in [-0.3, -0.25) is 9.48 Å². The zero-order chi connectivity index (χ0) is 17.1. The Morgan fingerprint density at radius 2 is 2.09 bits per heavy atom. The van der Waals surface area contributed by atoms with E-state index in [1.54, 1.807) is 32.9 Å². The maximum atomic E-state index is 12.5. The summed E-state index contributed by atoms with van der Waals surface area (Å²) in [6.45, 7) is 2.12. The van der Waals surface area contributed by atoms with Crippen LogP contribution in [0.1, 0.15) is 17.0 Å². The molecule has 1 aromatic heterocycles. The molecule has 1 aromatic carbocycles. The molecule has 8 heteroatoms. The summed E-state index contributed by atoms with van der Waals surface area (Å²) >= 11 is 6.03. The summed E-state index contributed by atoms with van der Waals surface area (Å²) in [6.07, 6.45) is 0. The summed E-state index contributed by atoms with van der Waals surface area (Å²) in [4.78, 5) is 12.2. The molecule has 0 fully saturated rings. The van der Waals surface area contributed by atoms with Crippen molar-refractivity contribution in [2.75, 3.05) is 5.32 Å². The number of aromatic nitrogens is 2. The standard InChI is InChI=1S/C15H16ClF2N3O2/c1-8-5-4-6-11(23-15(17)18)14(8)19-12(22)7-21-10(3)13(16)9(2)20-21/h4-6,15H,7H2,1-3H3,(H,19,22). The summed E-state index contributed by atoms with van der Waals surface area (Å²) in [6, 6.07) is 4.63. The smallest absolute Gasteiger partial charge is 0.387 e. The van der Waals surface area contributed by atoms with E-state index in [0.717, 1.165) is 0 Å². The zero-order valence-electron chi connectivity index (χ0n) is 12.9. The number of hydrogen-bond acceptors (Lipinski definition) is 3. The van der Waals surface area contributed by atoms with Crippen LogP contribution in [-0.2, 0) is 11.3 Å². The van der Waals surface area contributed by atoms with Crippen molar-refractivity contribution in [2.24, 2.45) is 0 Å². The predicted molar refractivity (Wildman–Crippen MR) is 83.2 cm³/mol. The summed E-state index contributed by atoms with van der Waals surface area (Å²) in [7, 11) is 0. The monoisotopic (exact) mass is 343 g/mol. The van der Waals surface area contributed by atoms with Crippen LogP contribution in [0.4, 0.5) is 14.5 Å². The van der Waals surface area contributed by atoms with Gasteiger partial charge in [0.15, 0.2) is 0 Å². The van der Waals surface area contributed by atoms with Crippen LogP contribution in [0.25, 0.3) is 0 Å². The molecule has 23 heavy (non-hydrogen) atoms. The van der Waals surface area contributed by atoms with E-state index in [-0.39, 0.29) is 18.0 Å². The lowest BCUT2D eigenvalue weighted by Crippen LogP contribution is -2.21. The molecule has 2 rings (SSSR count). The quantitative estimate of drug-likeness (QED) is 0.900. The minimum atomic E-state index is -2.97. The third kappa shape index (κ3) is 3.98.